The Hall–Kier alpha value is -1.49. The molecule has 0 bridgehead atoms. The van der Waals surface area contributed by atoms with Crippen LogP contribution in [-0.4, -0.2) is 20.4 Å². The van der Waals surface area contributed by atoms with E-state index >= 15 is 0 Å². The predicted molar refractivity (Wildman–Crippen MR) is 74.6 cm³/mol. The lowest BCUT2D eigenvalue weighted by atomic mass is 9.88. The summed E-state index contributed by atoms with van der Waals surface area (Å²) in [6, 6.07) is 7.83. The van der Waals surface area contributed by atoms with Gasteiger partial charge in [0.2, 0.25) is 0 Å². The van der Waals surface area contributed by atoms with Crippen molar-refractivity contribution in [2.24, 2.45) is 4.99 Å². The number of nitrogens with zero attached hydrogens (tertiary/aromatic N) is 1. The molecule has 0 radical (unpaired) electrons. The van der Waals surface area contributed by atoms with Crippen molar-refractivity contribution in [3.8, 4) is 0 Å². The molecule has 0 saturated carbocycles. The molecule has 1 aliphatic rings. The van der Waals surface area contributed by atoms with Gasteiger partial charge in [-0.1, -0.05) is 37.3 Å². The molecule has 0 saturated heterocycles. The number of benzene rings is 1. The first-order chi connectivity index (χ1) is 8.95. The highest BCUT2D eigenvalue weighted by molar-refractivity contribution is 7.86. The lowest BCUT2D eigenvalue weighted by Gasteiger charge is -2.24. The van der Waals surface area contributed by atoms with E-state index in [2.05, 4.69) is 11.9 Å². The quantitative estimate of drug-likeness (QED) is 0.779. The first-order valence-corrected chi connectivity index (χ1v) is 7.75. The van der Waals surface area contributed by atoms with Gasteiger partial charge < -0.3 is 0 Å². The number of hydrogen-bond acceptors (Lipinski definition) is 3. The van der Waals surface area contributed by atoms with Crippen LogP contribution in [0.15, 0.2) is 41.4 Å². The molecular formula is C14H16FNO2S. The van der Waals surface area contributed by atoms with Crippen LogP contribution in [0.4, 0.5) is 3.89 Å². The van der Waals surface area contributed by atoms with E-state index in [9.17, 15) is 12.3 Å². The van der Waals surface area contributed by atoms with Gasteiger partial charge in [-0.05, 0) is 30.0 Å². The topological polar surface area (TPSA) is 46.5 Å². The van der Waals surface area contributed by atoms with E-state index in [0.29, 0.717) is 0 Å². The Morgan fingerprint density at radius 3 is 2.42 bits per heavy atom. The summed E-state index contributed by atoms with van der Waals surface area (Å²) in [5.74, 6) is -0.524. The van der Waals surface area contributed by atoms with Crippen LogP contribution in [-0.2, 0) is 22.2 Å². The smallest absolute Gasteiger partial charge is 0.278 e. The van der Waals surface area contributed by atoms with E-state index in [1.807, 2.05) is 30.3 Å². The van der Waals surface area contributed by atoms with E-state index in [4.69, 9.17) is 0 Å². The zero-order valence-corrected chi connectivity index (χ0v) is 11.5. The maximum Gasteiger partial charge on any atom is 0.302 e. The molecule has 19 heavy (non-hydrogen) atoms. The summed E-state index contributed by atoms with van der Waals surface area (Å²) in [6.45, 7) is 2.06. The van der Waals surface area contributed by atoms with Crippen LogP contribution in [0.25, 0.3) is 0 Å². The molecule has 0 amide bonds. The van der Waals surface area contributed by atoms with Crippen molar-refractivity contribution in [3.63, 3.8) is 0 Å². The number of halogens is 1. The van der Waals surface area contributed by atoms with Crippen LogP contribution in [0.3, 0.4) is 0 Å². The van der Waals surface area contributed by atoms with Gasteiger partial charge in [0.1, 0.15) is 5.54 Å². The predicted octanol–water partition coefficient (Wildman–Crippen LogP) is 2.77. The molecule has 5 heteroatoms. The highest BCUT2D eigenvalue weighted by Crippen LogP contribution is 2.34. The Labute approximate surface area is 113 Å². The lowest BCUT2D eigenvalue weighted by molar-refractivity contribution is 0.517. The van der Waals surface area contributed by atoms with Crippen molar-refractivity contribution in [2.75, 3.05) is 5.75 Å². The summed E-state index contributed by atoms with van der Waals surface area (Å²) < 4.78 is 34.2. The summed E-state index contributed by atoms with van der Waals surface area (Å²) in [7, 11) is -4.48. The first kappa shape index (κ1) is 13.9. The van der Waals surface area contributed by atoms with E-state index in [-0.39, 0.29) is 6.42 Å². The number of aryl methyl sites for hydroxylation is 1. The van der Waals surface area contributed by atoms with Crippen molar-refractivity contribution in [1.29, 1.82) is 0 Å². The number of allylic oxidation sites excluding steroid dienone is 1. The normalized spacial score (nSPS) is 22.0. The Bertz CT molecular complexity index is 591. The molecule has 1 atom stereocenters. The average molecular weight is 281 g/mol. The second kappa shape index (κ2) is 5.25. The summed E-state index contributed by atoms with van der Waals surface area (Å²) in [6.07, 6.45) is 6.26. The molecule has 102 valence electrons. The fourth-order valence-electron chi connectivity index (χ4n) is 2.19. The van der Waals surface area contributed by atoms with E-state index in [1.54, 1.807) is 12.3 Å². The molecule has 0 aromatic heterocycles. The maximum atomic E-state index is 12.7. The van der Waals surface area contributed by atoms with Crippen LogP contribution >= 0.6 is 0 Å². The zero-order chi connectivity index (χ0) is 13.9. The minimum Gasteiger partial charge on any atom is -0.278 e. The van der Waals surface area contributed by atoms with Crippen molar-refractivity contribution in [1.82, 2.24) is 0 Å². The third-order valence-electron chi connectivity index (χ3n) is 3.35. The van der Waals surface area contributed by atoms with Gasteiger partial charge in [0.25, 0.3) is 0 Å². The van der Waals surface area contributed by atoms with Crippen molar-refractivity contribution in [3.05, 3.63) is 47.5 Å². The largest absolute Gasteiger partial charge is 0.302 e. The standard InChI is InChI=1S/C14H16FNO2S/c1-2-12-4-6-13(7-5-12)14(8-3-10-16-14)9-11-19(15,17)18/h3-8,10H,2,9,11H2,1H3. The van der Waals surface area contributed by atoms with Gasteiger partial charge in [-0.2, -0.15) is 8.42 Å². The fraction of sp³-hybridized carbons (Fsp3) is 0.357. The second-order valence-corrected chi connectivity index (χ2v) is 6.09. The minimum absolute atomic E-state index is 0.115. The molecular weight excluding hydrogens is 265 g/mol. The Morgan fingerprint density at radius 2 is 1.95 bits per heavy atom. The molecule has 1 aliphatic heterocycles. The SMILES string of the molecule is CCc1ccc(C2(CCS(=O)(=O)F)C=CC=N2)cc1. The number of rotatable bonds is 5. The van der Waals surface area contributed by atoms with Crippen LogP contribution in [0.2, 0.25) is 0 Å². The van der Waals surface area contributed by atoms with Gasteiger partial charge in [0.05, 0.1) is 5.75 Å². The fourth-order valence-corrected chi connectivity index (χ4v) is 2.75. The van der Waals surface area contributed by atoms with Crippen molar-refractivity contribution >= 4 is 16.4 Å². The van der Waals surface area contributed by atoms with Crippen LogP contribution < -0.4 is 0 Å². The van der Waals surface area contributed by atoms with Crippen molar-refractivity contribution < 1.29 is 12.3 Å². The van der Waals surface area contributed by atoms with Crippen LogP contribution in [0.5, 0.6) is 0 Å². The number of aliphatic imine (C=N–C) groups is 1. The highest BCUT2D eigenvalue weighted by Gasteiger charge is 2.31. The van der Waals surface area contributed by atoms with Gasteiger partial charge >= 0.3 is 10.2 Å². The Balaban J connectivity index is 2.29. The van der Waals surface area contributed by atoms with Gasteiger partial charge in [-0.25, -0.2) is 0 Å². The third-order valence-corrected chi connectivity index (χ3v) is 4.04. The molecule has 1 aromatic carbocycles. The van der Waals surface area contributed by atoms with E-state index < -0.39 is 21.5 Å². The Morgan fingerprint density at radius 1 is 1.26 bits per heavy atom. The summed E-state index contributed by atoms with van der Waals surface area (Å²) in [5, 5.41) is 0. The van der Waals surface area contributed by atoms with E-state index in [1.165, 1.54) is 5.56 Å². The van der Waals surface area contributed by atoms with E-state index in [0.717, 1.165) is 12.0 Å². The third kappa shape index (κ3) is 3.29. The monoisotopic (exact) mass is 281 g/mol. The molecule has 0 fully saturated rings. The van der Waals surface area contributed by atoms with Gasteiger partial charge in [0, 0.05) is 6.21 Å². The molecule has 3 nitrogen and oxygen atoms in total. The van der Waals surface area contributed by atoms with Gasteiger partial charge in [0.15, 0.2) is 0 Å². The molecule has 2 rings (SSSR count). The second-order valence-electron chi connectivity index (χ2n) is 4.60. The minimum atomic E-state index is -4.48. The van der Waals surface area contributed by atoms with Gasteiger partial charge in [-0.15, -0.1) is 3.89 Å². The highest BCUT2D eigenvalue weighted by atomic mass is 32.3. The molecule has 1 unspecified atom stereocenters. The summed E-state index contributed by atoms with van der Waals surface area (Å²) in [5.41, 5.74) is 1.34. The molecule has 0 aliphatic carbocycles. The first-order valence-electron chi connectivity index (χ1n) is 6.20. The average Bonchev–Trinajstić information content (AvgIpc) is 2.86. The lowest BCUT2D eigenvalue weighted by Crippen LogP contribution is -2.22. The van der Waals surface area contributed by atoms with Crippen LogP contribution in [0, 0.1) is 0 Å². The molecule has 0 spiro atoms. The maximum absolute atomic E-state index is 12.7. The van der Waals surface area contributed by atoms with Crippen molar-refractivity contribution in [2.45, 2.75) is 25.3 Å². The summed E-state index contributed by atoms with van der Waals surface area (Å²) >= 11 is 0. The zero-order valence-electron chi connectivity index (χ0n) is 10.7. The summed E-state index contributed by atoms with van der Waals surface area (Å²) in [4.78, 5) is 4.33. The molecule has 1 aromatic rings. The van der Waals surface area contributed by atoms with Crippen LogP contribution in [0.1, 0.15) is 24.5 Å². The van der Waals surface area contributed by atoms with Gasteiger partial charge in [-0.3, -0.25) is 4.99 Å². The Kier molecular flexibility index (Phi) is 3.85. The molecule has 0 N–H and O–H groups in total. The number of hydrogen-bond donors (Lipinski definition) is 0. The molecule has 1 heterocycles.